The summed E-state index contributed by atoms with van der Waals surface area (Å²) in [5.41, 5.74) is 6.16. The van der Waals surface area contributed by atoms with Gasteiger partial charge >= 0.3 is 5.97 Å². The van der Waals surface area contributed by atoms with Crippen LogP contribution in [0.15, 0.2) is 24.3 Å². The molecule has 0 atom stereocenters. The van der Waals surface area contributed by atoms with E-state index in [0.29, 0.717) is 18.0 Å². The van der Waals surface area contributed by atoms with Crippen LogP contribution in [0.2, 0.25) is 0 Å². The first-order chi connectivity index (χ1) is 9.02. The fraction of sp³-hybridized carbons (Fsp3) is 0.385. The summed E-state index contributed by atoms with van der Waals surface area (Å²) in [4.78, 5) is 24.1. The highest BCUT2D eigenvalue weighted by Crippen LogP contribution is 2.12. The zero-order valence-corrected chi connectivity index (χ0v) is 11.1. The Balaban J connectivity index is 2.38. The number of rotatable bonds is 6. The molecule has 2 N–H and O–H groups in total. The summed E-state index contributed by atoms with van der Waals surface area (Å²) in [5, 5.41) is 0. The van der Waals surface area contributed by atoms with E-state index in [0.717, 1.165) is 0 Å². The summed E-state index contributed by atoms with van der Waals surface area (Å²) in [5.74, 6) is -0.192. The lowest BCUT2D eigenvalue weighted by molar-refractivity contribution is -0.148. The third-order valence-electron chi connectivity index (χ3n) is 2.34. The zero-order chi connectivity index (χ0) is 14.3. The van der Waals surface area contributed by atoms with Crippen molar-refractivity contribution in [2.45, 2.75) is 6.92 Å². The monoisotopic (exact) mass is 266 g/mol. The van der Waals surface area contributed by atoms with E-state index in [1.165, 1.54) is 11.9 Å². The summed E-state index contributed by atoms with van der Waals surface area (Å²) in [6.45, 7) is 1.78. The fourth-order valence-electron chi connectivity index (χ4n) is 1.31. The largest absolute Gasteiger partial charge is 0.484 e. The second-order valence-corrected chi connectivity index (χ2v) is 3.91. The van der Waals surface area contributed by atoms with Gasteiger partial charge < -0.3 is 20.1 Å². The molecule has 0 spiro atoms. The van der Waals surface area contributed by atoms with Gasteiger partial charge in [0.15, 0.2) is 6.61 Å². The van der Waals surface area contributed by atoms with E-state index in [1.54, 1.807) is 31.2 Å². The molecular formula is C13H18N2O4. The Morgan fingerprint density at radius 1 is 1.26 bits per heavy atom. The first-order valence-corrected chi connectivity index (χ1v) is 5.91. The van der Waals surface area contributed by atoms with Gasteiger partial charge in [-0.3, -0.25) is 9.59 Å². The second kappa shape index (κ2) is 7.25. The van der Waals surface area contributed by atoms with Gasteiger partial charge in [-0.1, -0.05) is 0 Å². The average molecular weight is 266 g/mol. The predicted molar refractivity (Wildman–Crippen MR) is 70.6 cm³/mol. The van der Waals surface area contributed by atoms with Crippen LogP contribution < -0.4 is 10.5 Å². The maximum atomic E-state index is 11.7. The molecule has 1 aromatic carbocycles. The van der Waals surface area contributed by atoms with Gasteiger partial charge in [0.1, 0.15) is 12.3 Å². The summed E-state index contributed by atoms with van der Waals surface area (Å²) in [7, 11) is 1.52. The smallest absolute Gasteiger partial charge is 0.325 e. The molecule has 104 valence electrons. The number of benzene rings is 1. The minimum Gasteiger partial charge on any atom is -0.484 e. The number of nitrogens with two attached hydrogens (primary N) is 1. The van der Waals surface area contributed by atoms with Crippen LogP contribution in [-0.2, 0) is 14.3 Å². The van der Waals surface area contributed by atoms with Gasteiger partial charge in [0.2, 0.25) is 0 Å². The Labute approximate surface area is 112 Å². The molecule has 0 fully saturated rings. The van der Waals surface area contributed by atoms with Crippen molar-refractivity contribution in [3.8, 4) is 5.75 Å². The Hall–Kier alpha value is -2.24. The van der Waals surface area contributed by atoms with Crippen molar-refractivity contribution in [2.75, 3.05) is 32.5 Å². The Bertz CT molecular complexity index is 431. The number of amides is 1. The summed E-state index contributed by atoms with van der Waals surface area (Å²) >= 11 is 0. The molecule has 19 heavy (non-hydrogen) atoms. The van der Waals surface area contributed by atoms with E-state index in [2.05, 4.69) is 0 Å². The van der Waals surface area contributed by atoms with E-state index in [4.69, 9.17) is 15.2 Å². The minimum absolute atomic E-state index is 0.0855. The fourth-order valence-corrected chi connectivity index (χ4v) is 1.31. The van der Waals surface area contributed by atoms with Crippen LogP contribution >= 0.6 is 0 Å². The predicted octanol–water partition coefficient (Wildman–Crippen LogP) is 0.669. The highest BCUT2D eigenvalue weighted by Gasteiger charge is 2.14. The highest BCUT2D eigenvalue weighted by molar-refractivity contribution is 5.82. The molecule has 0 heterocycles. The lowest BCUT2D eigenvalue weighted by Gasteiger charge is -2.16. The number of carbonyl (C=O) groups is 2. The number of esters is 1. The molecule has 0 saturated carbocycles. The van der Waals surface area contributed by atoms with Crippen LogP contribution in [-0.4, -0.2) is 43.6 Å². The first-order valence-electron chi connectivity index (χ1n) is 5.91. The summed E-state index contributed by atoms with van der Waals surface area (Å²) in [6.07, 6.45) is 0. The average Bonchev–Trinajstić information content (AvgIpc) is 2.37. The van der Waals surface area contributed by atoms with Gasteiger partial charge in [0.25, 0.3) is 5.91 Å². The number of ether oxygens (including phenoxy) is 2. The number of nitrogen functional groups attached to an aromatic ring is 1. The topological polar surface area (TPSA) is 81.9 Å². The molecule has 1 rings (SSSR count). The molecule has 1 amide bonds. The molecule has 0 saturated heterocycles. The lowest BCUT2D eigenvalue weighted by Crippen LogP contribution is -2.36. The maximum Gasteiger partial charge on any atom is 0.325 e. The second-order valence-electron chi connectivity index (χ2n) is 3.91. The van der Waals surface area contributed by atoms with Gasteiger partial charge in [0.05, 0.1) is 6.61 Å². The first kappa shape index (κ1) is 14.8. The van der Waals surface area contributed by atoms with Crippen molar-refractivity contribution in [1.82, 2.24) is 4.90 Å². The van der Waals surface area contributed by atoms with Gasteiger partial charge in [-0.05, 0) is 31.2 Å². The molecule has 6 nitrogen and oxygen atoms in total. The van der Waals surface area contributed by atoms with Gasteiger partial charge in [0, 0.05) is 12.7 Å². The standard InChI is InChI=1S/C13H18N2O4/c1-3-18-13(17)8-15(2)12(16)9-19-11-6-4-10(14)5-7-11/h4-7H,3,8-9,14H2,1-2H3. The number of likely N-dealkylation sites (N-methyl/N-ethyl adjacent to an activating group) is 1. The van der Waals surface area contributed by atoms with Crippen molar-refractivity contribution in [3.05, 3.63) is 24.3 Å². The van der Waals surface area contributed by atoms with Crippen molar-refractivity contribution in [3.63, 3.8) is 0 Å². The van der Waals surface area contributed by atoms with E-state index in [-0.39, 0.29) is 19.1 Å². The van der Waals surface area contributed by atoms with Crippen LogP contribution in [0.5, 0.6) is 5.75 Å². The number of nitrogens with zero attached hydrogens (tertiary/aromatic N) is 1. The summed E-state index contributed by atoms with van der Waals surface area (Å²) < 4.78 is 10.0. The molecule has 0 unspecified atom stereocenters. The Morgan fingerprint density at radius 3 is 2.47 bits per heavy atom. The van der Waals surface area contributed by atoms with E-state index in [1.807, 2.05) is 0 Å². The van der Waals surface area contributed by atoms with Crippen molar-refractivity contribution < 1.29 is 19.1 Å². The maximum absolute atomic E-state index is 11.7. The normalized spacial score (nSPS) is 9.79. The molecular weight excluding hydrogens is 248 g/mol. The SMILES string of the molecule is CCOC(=O)CN(C)C(=O)COc1ccc(N)cc1. The number of anilines is 1. The third kappa shape index (κ3) is 5.29. The quantitative estimate of drug-likeness (QED) is 0.604. The number of hydrogen-bond donors (Lipinski definition) is 1. The van der Waals surface area contributed by atoms with Crippen LogP contribution in [0, 0.1) is 0 Å². The lowest BCUT2D eigenvalue weighted by atomic mass is 10.3. The number of hydrogen-bond acceptors (Lipinski definition) is 5. The minimum atomic E-state index is -0.439. The summed E-state index contributed by atoms with van der Waals surface area (Å²) in [6, 6.07) is 6.71. The Morgan fingerprint density at radius 2 is 1.89 bits per heavy atom. The molecule has 0 bridgehead atoms. The van der Waals surface area contributed by atoms with Crippen LogP contribution in [0.1, 0.15) is 6.92 Å². The van der Waals surface area contributed by atoms with Gasteiger partial charge in [-0.2, -0.15) is 0 Å². The number of carbonyl (C=O) groups excluding carboxylic acids is 2. The van der Waals surface area contributed by atoms with Crippen LogP contribution in [0.25, 0.3) is 0 Å². The van der Waals surface area contributed by atoms with Crippen LogP contribution in [0.4, 0.5) is 5.69 Å². The van der Waals surface area contributed by atoms with E-state index in [9.17, 15) is 9.59 Å². The molecule has 0 radical (unpaired) electrons. The molecule has 0 aliphatic carbocycles. The molecule has 6 heteroatoms. The molecule has 0 aliphatic rings. The molecule has 1 aromatic rings. The Kier molecular flexibility index (Phi) is 5.66. The van der Waals surface area contributed by atoms with Crippen LogP contribution in [0.3, 0.4) is 0 Å². The van der Waals surface area contributed by atoms with E-state index >= 15 is 0 Å². The van der Waals surface area contributed by atoms with Gasteiger partial charge in [-0.25, -0.2) is 0 Å². The zero-order valence-electron chi connectivity index (χ0n) is 11.1. The van der Waals surface area contributed by atoms with Crippen molar-refractivity contribution in [1.29, 1.82) is 0 Å². The highest BCUT2D eigenvalue weighted by atomic mass is 16.5. The van der Waals surface area contributed by atoms with Gasteiger partial charge in [-0.15, -0.1) is 0 Å². The van der Waals surface area contributed by atoms with E-state index < -0.39 is 5.97 Å². The van der Waals surface area contributed by atoms with Crippen molar-refractivity contribution in [2.24, 2.45) is 0 Å². The third-order valence-corrected chi connectivity index (χ3v) is 2.34. The molecule has 0 aromatic heterocycles. The molecule has 0 aliphatic heterocycles. The van der Waals surface area contributed by atoms with Crippen molar-refractivity contribution >= 4 is 17.6 Å².